The van der Waals surface area contributed by atoms with E-state index >= 15 is 0 Å². The number of nitrogens with zero attached hydrogens (tertiary/aromatic N) is 4. The van der Waals surface area contributed by atoms with E-state index in [-0.39, 0.29) is 0 Å². The predicted molar refractivity (Wildman–Crippen MR) is 102 cm³/mol. The van der Waals surface area contributed by atoms with Crippen LogP contribution in [0.5, 0.6) is 0 Å². The van der Waals surface area contributed by atoms with Crippen molar-refractivity contribution in [1.82, 2.24) is 30.5 Å². The number of fused-ring (bicyclic) bond motifs is 1. The molecule has 1 aliphatic heterocycles. The van der Waals surface area contributed by atoms with Gasteiger partial charge in [0.05, 0.1) is 11.3 Å². The van der Waals surface area contributed by atoms with Crippen LogP contribution in [0.3, 0.4) is 0 Å². The summed E-state index contributed by atoms with van der Waals surface area (Å²) in [5.41, 5.74) is 11.0. The summed E-state index contributed by atoms with van der Waals surface area (Å²) in [4.78, 5) is 13.0. The van der Waals surface area contributed by atoms with Crippen molar-refractivity contribution in [3.8, 4) is 22.6 Å². The van der Waals surface area contributed by atoms with Crippen molar-refractivity contribution in [2.45, 2.75) is 18.8 Å². The van der Waals surface area contributed by atoms with Crippen molar-refractivity contribution >= 4 is 17.0 Å². The van der Waals surface area contributed by atoms with Crippen LogP contribution in [0.25, 0.3) is 33.8 Å². The zero-order chi connectivity index (χ0) is 18.2. The average Bonchev–Trinajstić information content (AvgIpc) is 3.36. The monoisotopic (exact) mass is 361 g/mol. The maximum absolute atomic E-state index is 6.11. The zero-order valence-corrected chi connectivity index (χ0v) is 14.6. The normalized spacial score (nSPS) is 15.4. The first-order chi connectivity index (χ1) is 13.3. The number of nitrogens with two attached hydrogens (primary N) is 1. The molecule has 0 spiro atoms. The summed E-state index contributed by atoms with van der Waals surface area (Å²) in [7, 11) is 0. The number of aromatic amines is 1. The first-order valence-electron chi connectivity index (χ1n) is 9.02. The van der Waals surface area contributed by atoms with Crippen LogP contribution in [0, 0.1) is 0 Å². The Labute approximate surface area is 155 Å². The lowest BCUT2D eigenvalue weighted by Crippen LogP contribution is -2.27. The Morgan fingerprint density at radius 2 is 2.04 bits per heavy atom. The van der Waals surface area contributed by atoms with Crippen LogP contribution < -0.4 is 11.1 Å². The number of pyridine rings is 2. The molecule has 0 atom stereocenters. The van der Waals surface area contributed by atoms with Gasteiger partial charge in [-0.2, -0.15) is 10.1 Å². The molecule has 4 aromatic rings. The highest BCUT2D eigenvalue weighted by Gasteiger charge is 2.22. The first kappa shape index (κ1) is 16.0. The van der Waals surface area contributed by atoms with Gasteiger partial charge in [-0.25, -0.2) is 9.97 Å². The Balaban J connectivity index is 1.57. The molecule has 0 unspecified atom stereocenters. The largest absolute Gasteiger partial charge is 0.434 e. The number of piperidine rings is 1. The Morgan fingerprint density at radius 1 is 1.15 bits per heavy atom. The molecular weight excluding hydrogens is 342 g/mol. The molecule has 0 bridgehead atoms. The molecule has 4 aromatic heterocycles. The molecule has 5 rings (SSSR count). The van der Waals surface area contributed by atoms with Crippen molar-refractivity contribution < 1.29 is 4.42 Å². The molecule has 1 saturated heterocycles. The third-order valence-corrected chi connectivity index (χ3v) is 5.02. The molecule has 1 fully saturated rings. The first-order valence-corrected chi connectivity index (χ1v) is 9.02. The number of aromatic nitrogens is 5. The molecule has 4 N–H and O–H groups in total. The van der Waals surface area contributed by atoms with Gasteiger partial charge in [-0.15, -0.1) is 0 Å². The highest BCUT2D eigenvalue weighted by molar-refractivity contribution is 5.79. The van der Waals surface area contributed by atoms with Gasteiger partial charge in [0.15, 0.2) is 11.2 Å². The van der Waals surface area contributed by atoms with Gasteiger partial charge in [0, 0.05) is 35.6 Å². The molecule has 8 heteroatoms. The lowest BCUT2D eigenvalue weighted by molar-refractivity contribution is 0.453. The summed E-state index contributed by atoms with van der Waals surface area (Å²) in [6.45, 7) is 2.02. The molecule has 0 radical (unpaired) electrons. The molecular formula is C19H19N7O. The van der Waals surface area contributed by atoms with Crippen LogP contribution in [0.2, 0.25) is 0 Å². The van der Waals surface area contributed by atoms with Gasteiger partial charge in [0.2, 0.25) is 5.89 Å². The molecule has 8 nitrogen and oxygen atoms in total. The second kappa shape index (κ2) is 6.48. The minimum atomic E-state index is 0.372. The summed E-state index contributed by atoms with van der Waals surface area (Å²) < 4.78 is 5.83. The minimum Gasteiger partial charge on any atom is -0.434 e. The van der Waals surface area contributed by atoms with E-state index in [1.807, 2.05) is 24.4 Å². The van der Waals surface area contributed by atoms with Crippen LogP contribution >= 0.6 is 0 Å². The number of oxazole rings is 1. The molecule has 0 saturated carbocycles. The Bertz CT molecular complexity index is 1060. The number of hydrogen-bond donors (Lipinski definition) is 3. The fourth-order valence-corrected chi connectivity index (χ4v) is 3.62. The summed E-state index contributed by atoms with van der Waals surface area (Å²) in [5, 5.41) is 10.9. The number of nitrogens with one attached hydrogen (secondary N) is 2. The van der Waals surface area contributed by atoms with Crippen molar-refractivity contribution in [1.29, 1.82) is 0 Å². The molecule has 0 aliphatic carbocycles. The average molecular weight is 361 g/mol. The smallest absolute Gasteiger partial charge is 0.232 e. The van der Waals surface area contributed by atoms with Crippen molar-refractivity contribution in [2.75, 3.05) is 18.8 Å². The summed E-state index contributed by atoms with van der Waals surface area (Å²) in [5.74, 6) is 1.22. The van der Waals surface area contributed by atoms with Crippen LogP contribution in [0.4, 0.5) is 5.82 Å². The zero-order valence-electron chi connectivity index (χ0n) is 14.6. The van der Waals surface area contributed by atoms with E-state index < -0.39 is 0 Å². The molecule has 0 aromatic carbocycles. The third-order valence-electron chi connectivity index (χ3n) is 5.02. The van der Waals surface area contributed by atoms with Gasteiger partial charge in [-0.3, -0.25) is 5.10 Å². The van der Waals surface area contributed by atoms with Crippen LogP contribution in [0.1, 0.15) is 24.5 Å². The van der Waals surface area contributed by atoms with Gasteiger partial charge in [-0.05, 0) is 44.1 Å². The SMILES string of the molecule is Nc1ncc(-c2c[nH]nc2C2CCNCC2)cc1-c1nc2ncccc2o1. The maximum atomic E-state index is 6.11. The van der Waals surface area contributed by atoms with Crippen LogP contribution in [-0.4, -0.2) is 38.2 Å². The summed E-state index contributed by atoms with van der Waals surface area (Å²) >= 11 is 0. The predicted octanol–water partition coefficient (Wildman–Crippen LogP) is 2.72. The number of anilines is 1. The van der Waals surface area contributed by atoms with E-state index in [2.05, 4.69) is 30.5 Å². The number of nitrogen functional groups attached to an aromatic ring is 1. The Morgan fingerprint density at radius 3 is 2.89 bits per heavy atom. The second-order valence-corrected chi connectivity index (χ2v) is 6.71. The maximum Gasteiger partial charge on any atom is 0.232 e. The van der Waals surface area contributed by atoms with E-state index in [0.717, 1.165) is 42.8 Å². The Kier molecular flexibility index (Phi) is 3.83. The van der Waals surface area contributed by atoms with E-state index in [1.54, 1.807) is 12.4 Å². The van der Waals surface area contributed by atoms with E-state index in [1.165, 1.54) is 0 Å². The van der Waals surface area contributed by atoms with Gasteiger partial charge in [0.1, 0.15) is 5.82 Å². The number of rotatable bonds is 3. The molecule has 5 heterocycles. The van der Waals surface area contributed by atoms with Gasteiger partial charge in [-0.1, -0.05) is 0 Å². The summed E-state index contributed by atoms with van der Waals surface area (Å²) in [6, 6.07) is 5.60. The van der Waals surface area contributed by atoms with Crippen molar-refractivity contribution in [3.05, 3.63) is 42.5 Å². The van der Waals surface area contributed by atoms with Crippen molar-refractivity contribution in [3.63, 3.8) is 0 Å². The fourth-order valence-electron chi connectivity index (χ4n) is 3.62. The number of hydrogen-bond acceptors (Lipinski definition) is 7. The van der Waals surface area contributed by atoms with E-state index in [4.69, 9.17) is 10.2 Å². The van der Waals surface area contributed by atoms with Gasteiger partial charge < -0.3 is 15.5 Å². The highest BCUT2D eigenvalue weighted by atomic mass is 16.3. The fraction of sp³-hybridized carbons (Fsp3) is 0.263. The van der Waals surface area contributed by atoms with E-state index in [0.29, 0.717) is 34.4 Å². The summed E-state index contributed by atoms with van der Waals surface area (Å²) in [6.07, 6.45) is 7.52. The quantitative estimate of drug-likeness (QED) is 0.513. The van der Waals surface area contributed by atoms with E-state index in [9.17, 15) is 0 Å². The second-order valence-electron chi connectivity index (χ2n) is 6.71. The third kappa shape index (κ3) is 2.83. The molecule has 136 valence electrons. The van der Waals surface area contributed by atoms with Gasteiger partial charge in [0.25, 0.3) is 0 Å². The molecule has 27 heavy (non-hydrogen) atoms. The topological polar surface area (TPSA) is 119 Å². The van der Waals surface area contributed by atoms with Gasteiger partial charge >= 0.3 is 0 Å². The Hall–Kier alpha value is -3.26. The standard InChI is InChI=1S/C19H19N7O/c20-17-13(19-25-18-15(27-19)2-1-5-22-18)8-12(9-23-17)14-10-24-26-16(14)11-3-6-21-7-4-11/h1-2,5,8-11,21H,3-4,6-7H2,(H2,20,23)(H,24,26). The lowest BCUT2D eigenvalue weighted by atomic mass is 9.90. The molecule has 1 aliphatic rings. The highest BCUT2D eigenvalue weighted by Crippen LogP contribution is 2.35. The minimum absolute atomic E-state index is 0.372. The lowest BCUT2D eigenvalue weighted by Gasteiger charge is -2.22. The van der Waals surface area contributed by atoms with Crippen LogP contribution in [0.15, 0.2) is 41.2 Å². The number of H-pyrrole nitrogens is 1. The van der Waals surface area contributed by atoms with Crippen molar-refractivity contribution in [2.24, 2.45) is 0 Å². The molecule has 0 amide bonds. The van der Waals surface area contributed by atoms with Crippen LogP contribution in [-0.2, 0) is 0 Å².